The van der Waals surface area contributed by atoms with Crippen molar-refractivity contribution in [2.75, 3.05) is 24.5 Å². The van der Waals surface area contributed by atoms with Crippen LogP contribution >= 0.6 is 0 Å². The molecule has 1 aliphatic heterocycles. The number of aryl methyl sites for hydroxylation is 2. The molecule has 1 N–H and O–H groups in total. The minimum absolute atomic E-state index is 0.137. The van der Waals surface area contributed by atoms with Crippen LogP contribution in [-0.2, 0) is 0 Å². The molecule has 0 aromatic carbocycles. The Hall–Kier alpha value is -2.44. The van der Waals surface area contributed by atoms with Gasteiger partial charge in [-0.1, -0.05) is 5.16 Å². The van der Waals surface area contributed by atoms with Gasteiger partial charge in [0.15, 0.2) is 5.82 Å². The van der Waals surface area contributed by atoms with E-state index in [2.05, 4.69) is 25.6 Å². The summed E-state index contributed by atoms with van der Waals surface area (Å²) in [5.41, 5.74) is 1.41. The molecule has 1 amide bonds. The number of carbonyl (C=O) groups is 1. The molecule has 0 saturated carbocycles. The summed E-state index contributed by atoms with van der Waals surface area (Å²) in [7, 11) is 0. The predicted molar refractivity (Wildman–Crippen MR) is 76.0 cm³/mol. The maximum atomic E-state index is 11.9. The van der Waals surface area contributed by atoms with Crippen LogP contribution < -0.4 is 10.2 Å². The summed E-state index contributed by atoms with van der Waals surface area (Å²) in [6.45, 7) is 6.03. The highest BCUT2D eigenvalue weighted by molar-refractivity contribution is 5.94. The molecule has 2 aromatic heterocycles. The molecule has 3 rings (SSSR count). The highest BCUT2D eigenvalue weighted by Gasteiger charge is 2.28. The first-order valence-corrected chi connectivity index (χ1v) is 6.88. The molecule has 1 aliphatic rings. The fourth-order valence-corrected chi connectivity index (χ4v) is 2.30. The van der Waals surface area contributed by atoms with Gasteiger partial charge in [0.05, 0.1) is 11.9 Å². The third-order valence-electron chi connectivity index (χ3n) is 3.61. The summed E-state index contributed by atoms with van der Waals surface area (Å²) in [5, 5.41) is 14.7. The van der Waals surface area contributed by atoms with Crippen molar-refractivity contribution in [1.82, 2.24) is 20.7 Å². The number of hydrogen-bond acceptors (Lipinski definition) is 6. The van der Waals surface area contributed by atoms with Crippen LogP contribution in [0.4, 0.5) is 5.82 Å². The Kier molecular flexibility index (Phi) is 3.55. The fourth-order valence-electron chi connectivity index (χ4n) is 2.30. The lowest BCUT2D eigenvalue weighted by Crippen LogP contribution is -2.52. The average Bonchev–Trinajstić information content (AvgIpc) is 2.85. The van der Waals surface area contributed by atoms with Crippen LogP contribution in [0.3, 0.4) is 0 Å². The second-order valence-corrected chi connectivity index (χ2v) is 5.31. The third kappa shape index (κ3) is 2.86. The van der Waals surface area contributed by atoms with E-state index in [1.165, 1.54) is 6.20 Å². The Labute approximate surface area is 122 Å². The molecule has 0 spiro atoms. The van der Waals surface area contributed by atoms with Gasteiger partial charge in [0, 0.05) is 25.6 Å². The van der Waals surface area contributed by atoms with Gasteiger partial charge in [-0.05, 0) is 26.0 Å². The molecule has 1 fully saturated rings. The van der Waals surface area contributed by atoms with Gasteiger partial charge in [0.2, 0.25) is 0 Å². The summed E-state index contributed by atoms with van der Waals surface area (Å²) in [5.74, 6) is 1.72. The van der Waals surface area contributed by atoms with Crippen LogP contribution in [0.2, 0.25) is 0 Å². The highest BCUT2D eigenvalue weighted by Crippen LogP contribution is 2.21. The van der Waals surface area contributed by atoms with Crippen LogP contribution in [0.5, 0.6) is 0 Å². The smallest absolute Gasteiger partial charge is 0.256 e. The second kappa shape index (κ2) is 5.51. The van der Waals surface area contributed by atoms with Crippen molar-refractivity contribution in [3.63, 3.8) is 0 Å². The third-order valence-corrected chi connectivity index (χ3v) is 3.61. The molecule has 21 heavy (non-hydrogen) atoms. The number of nitrogens with zero attached hydrogens (tertiary/aromatic N) is 4. The van der Waals surface area contributed by atoms with Gasteiger partial charge >= 0.3 is 0 Å². The van der Waals surface area contributed by atoms with Gasteiger partial charge in [0.1, 0.15) is 11.3 Å². The molecule has 1 saturated heterocycles. The molecule has 0 radical (unpaired) electrons. The lowest BCUT2D eigenvalue weighted by molar-refractivity contribution is 0.0943. The van der Waals surface area contributed by atoms with Crippen molar-refractivity contribution in [3.05, 3.63) is 35.3 Å². The standard InChI is InChI=1S/C14H17N5O2/c1-9-3-4-13(18-17-9)19-7-11(8-19)5-15-14(20)12-6-16-21-10(12)2/h3-4,6,11H,5,7-8H2,1-2H3,(H,15,20). The van der Waals surface area contributed by atoms with E-state index >= 15 is 0 Å². The quantitative estimate of drug-likeness (QED) is 0.901. The molecule has 0 atom stereocenters. The fraction of sp³-hybridized carbons (Fsp3) is 0.429. The van der Waals surface area contributed by atoms with Gasteiger partial charge in [-0.3, -0.25) is 4.79 Å². The lowest BCUT2D eigenvalue weighted by Gasteiger charge is -2.39. The maximum Gasteiger partial charge on any atom is 0.256 e. The zero-order valence-corrected chi connectivity index (χ0v) is 12.0. The Morgan fingerprint density at radius 3 is 2.81 bits per heavy atom. The molecule has 0 unspecified atom stereocenters. The van der Waals surface area contributed by atoms with Crippen molar-refractivity contribution >= 4 is 11.7 Å². The number of anilines is 1. The number of carbonyl (C=O) groups excluding carboxylic acids is 1. The molecule has 3 heterocycles. The van der Waals surface area contributed by atoms with Crippen molar-refractivity contribution in [3.8, 4) is 0 Å². The minimum atomic E-state index is -0.137. The Balaban J connectivity index is 1.46. The minimum Gasteiger partial charge on any atom is -0.361 e. The van der Waals surface area contributed by atoms with E-state index in [9.17, 15) is 4.79 Å². The Bertz CT molecular complexity index is 631. The number of nitrogens with one attached hydrogen (secondary N) is 1. The largest absolute Gasteiger partial charge is 0.361 e. The van der Waals surface area contributed by atoms with Crippen molar-refractivity contribution in [1.29, 1.82) is 0 Å². The first-order valence-electron chi connectivity index (χ1n) is 6.88. The monoisotopic (exact) mass is 287 g/mol. The summed E-state index contributed by atoms with van der Waals surface area (Å²) < 4.78 is 4.88. The van der Waals surface area contributed by atoms with Gasteiger partial charge in [-0.25, -0.2) is 0 Å². The van der Waals surface area contributed by atoms with Gasteiger partial charge < -0.3 is 14.7 Å². The Morgan fingerprint density at radius 2 is 2.19 bits per heavy atom. The SMILES string of the molecule is Cc1ccc(N2CC(CNC(=O)c3cnoc3C)C2)nn1. The van der Waals surface area contributed by atoms with E-state index in [1.54, 1.807) is 6.92 Å². The predicted octanol–water partition coefficient (Wildman–Crippen LogP) is 0.948. The van der Waals surface area contributed by atoms with Crippen LogP contribution in [0.25, 0.3) is 0 Å². The van der Waals surface area contributed by atoms with E-state index in [0.29, 0.717) is 23.8 Å². The lowest BCUT2D eigenvalue weighted by atomic mass is 10.00. The number of hydrogen-bond donors (Lipinski definition) is 1. The molecule has 2 aromatic rings. The maximum absolute atomic E-state index is 11.9. The first kappa shape index (κ1) is 13.5. The topological polar surface area (TPSA) is 84.2 Å². The van der Waals surface area contributed by atoms with Gasteiger partial charge in [0.25, 0.3) is 5.91 Å². The van der Waals surface area contributed by atoms with Gasteiger partial charge in [-0.2, -0.15) is 5.10 Å². The van der Waals surface area contributed by atoms with Crippen LogP contribution in [0, 0.1) is 19.8 Å². The number of amides is 1. The summed E-state index contributed by atoms with van der Waals surface area (Å²) >= 11 is 0. The molecule has 110 valence electrons. The van der Waals surface area contributed by atoms with E-state index < -0.39 is 0 Å². The van der Waals surface area contributed by atoms with Crippen LogP contribution in [-0.4, -0.2) is 40.9 Å². The van der Waals surface area contributed by atoms with Crippen molar-refractivity contribution in [2.45, 2.75) is 13.8 Å². The van der Waals surface area contributed by atoms with Crippen LogP contribution in [0.15, 0.2) is 22.9 Å². The van der Waals surface area contributed by atoms with Gasteiger partial charge in [-0.15, -0.1) is 5.10 Å². The zero-order chi connectivity index (χ0) is 14.8. The zero-order valence-electron chi connectivity index (χ0n) is 12.0. The average molecular weight is 287 g/mol. The summed E-state index contributed by atoms with van der Waals surface area (Å²) in [6.07, 6.45) is 1.44. The number of aromatic nitrogens is 3. The van der Waals surface area contributed by atoms with E-state index in [-0.39, 0.29) is 5.91 Å². The molecule has 0 aliphatic carbocycles. The molecule has 0 bridgehead atoms. The van der Waals surface area contributed by atoms with Crippen LogP contribution in [0.1, 0.15) is 21.8 Å². The van der Waals surface area contributed by atoms with Crippen molar-refractivity contribution in [2.24, 2.45) is 5.92 Å². The van der Waals surface area contributed by atoms with E-state index in [4.69, 9.17) is 4.52 Å². The molecule has 7 heteroatoms. The number of rotatable bonds is 4. The van der Waals surface area contributed by atoms with E-state index in [1.807, 2.05) is 19.1 Å². The summed E-state index contributed by atoms with van der Waals surface area (Å²) in [6, 6.07) is 3.92. The molecular weight excluding hydrogens is 270 g/mol. The normalized spacial score (nSPS) is 14.9. The highest BCUT2D eigenvalue weighted by atomic mass is 16.5. The Morgan fingerprint density at radius 1 is 1.38 bits per heavy atom. The molecular formula is C14H17N5O2. The first-order chi connectivity index (χ1) is 10.1. The molecule has 7 nitrogen and oxygen atoms in total. The summed E-state index contributed by atoms with van der Waals surface area (Å²) in [4.78, 5) is 14.1. The van der Waals surface area contributed by atoms with E-state index in [0.717, 1.165) is 24.6 Å². The van der Waals surface area contributed by atoms with Crippen molar-refractivity contribution < 1.29 is 9.32 Å². The second-order valence-electron chi connectivity index (χ2n) is 5.31.